The summed E-state index contributed by atoms with van der Waals surface area (Å²) in [5.41, 5.74) is 4.78. The number of benzene rings is 2. The van der Waals surface area contributed by atoms with Crippen LogP contribution in [-0.4, -0.2) is 25.7 Å². The fourth-order valence-electron chi connectivity index (χ4n) is 2.10. The van der Waals surface area contributed by atoms with Crippen LogP contribution < -0.4 is 25.1 Å². The summed E-state index contributed by atoms with van der Waals surface area (Å²) in [5.74, 6) is -0.861. The highest BCUT2D eigenvalue weighted by Gasteiger charge is 2.17. The van der Waals surface area contributed by atoms with Crippen molar-refractivity contribution >= 4 is 11.8 Å². The Morgan fingerprint density at radius 3 is 2.29 bits per heavy atom. The average molecular weight is 332 g/mol. The van der Waals surface area contributed by atoms with Crippen molar-refractivity contribution in [2.24, 2.45) is 0 Å². The number of amides is 2. The maximum atomic E-state index is 13.6. The van der Waals surface area contributed by atoms with Crippen molar-refractivity contribution < 1.29 is 28.2 Å². The Balaban J connectivity index is 1.63. The zero-order chi connectivity index (χ0) is 17.1. The molecule has 0 radical (unpaired) electrons. The molecule has 0 bridgehead atoms. The van der Waals surface area contributed by atoms with Crippen LogP contribution in [0.3, 0.4) is 0 Å². The van der Waals surface area contributed by atoms with E-state index in [9.17, 15) is 14.0 Å². The Morgan fingerprint density at radius 2 is 1.62 bits per heavy atom. The monoisotopic (exact) mass is 332 g/mol. The van der Waals surface area contributed by atoms with E-state index < -0.39 is 17.6 Å². The highest BCUT2D eigenvalue weighted by Crippen LogP contribution is 2.32. The van der Waals surface area contributed by atoms with Gasteiger partial charge < -0.3 is 14.2 Å². The molecule has 0 saturated carbocycles. The van der Waals surface area contributed by atoms with E-state index in [1.54, 1.807) is 6.07 Å². The number of halogens is 1. The van der Waals surface area contributed by atoms with Gasteiger partial charge in [-0.25, -0.2) is 4.39 Å². The van der Waals surface area contributed by atoms with Crippen LogP contribution in [0, 0.1) is 5.82 Å². The lowest BCUT2D eigenvalue weighted by atomic mass is 10.2. The largest absolute Gasteiger partial charge is 0.494 e. The highest BCUT2D eigenvalue weighted by atomic mass is 19.1. The minimum absolute atomic E-state index is 0.0240. The molecule has 0 fully saturated rings. The van der Waals surface area contributed by atoms with E-state index in [1.165, 1.54) is 31.4 Å². The van der Waals surface area contributed by atoms with Crippen molar-refractivity contribution in [3.8, 4) is 17.2 Å². The number of nitrogens with one attached hydrogen (secondary N) is 2. The summed E-state index contributed by atoms with van der Waals surface area (Å²) in [4.78, 5) is 24.0. The van der Waals surface area contributed by atoms with Gasteiger partial charge in [-0.1, -0.05) is 0 Å². The first-order valence-corrected chi connectivity index (χ1v) is 6.92. The first-order valence-electron chi connectivity index (χ1n) is 6.92. The van der Waals surface area contributed by atoms with E-state index in [1.807, 2.05) is 0 Å². The fraction of sp³-hybridized carbons (Fsp3) is 0.125. The first-order chi connectivity index (χ1) is 11.6. The molecule has 1 aliphatic rings. The summed E-state index contributed by atoms with van der Waals surface area (Å²) in [6.07, 6.45) is 0. The number of ether oxygens (including phenoxy) is 3. The maximum Gasteiger partial charge on any atom is 0.269 e. The van der Waals surface area contributed by atoms with Crippen molar-refractivity contribution in [1.29, 1.82) is 0 Å². The molecule has 2 aromatic rings. The van der Waals surface area contributed by atoms with Gasteiger partial charge in [0.15, 0.2) is 23.1 Å². The molecule has 0 aromatic heterocycles. The van der Waals surface area contributed by atoms with Crippen molar-refractivity contribution in [3.05, 3.63) is 53.3 Å². The lowest BCUT2D eigenvalue weighted by Crippen LogP contribution is -2.41. The second kappa shape index (κ2) is 6.45. The Kier molecular flexibility index (Phi) is 4.19. The number of hydrazine groups is 1. The molecule has 0 spiro atoms. The predicted octanol–water partition coefficient (Wildman–Crippen LogP) is 1.64. The third-order valence-electron chi connectivity index (χ3n) is 3.34. The first kappa shape index (κ1) is 15.6. The molecule has 0 saturated heterocycles. The van der Waals surface area contributed by atoms with E-state index in [-0.39, 0.29) is 23.7 Å². The second-order valence-corrected chi connectivity index (χ2v) is 4.83. The number of rotatable bonds is 3. The van der Waals surface area contributed by atoms with Gasteiger partial charge in [0.05, 0.1) is 7.11 Å². The molecule has 1 aliphatic heterocycles. The normalized spacial score (nSPS) is 11.8. The van der Waals surface area contributed by atoms with Crippen LogP contribution in [0.2, 0.25) is 0 Å². The molecule has 2 aromatic carbocycles. The van der Waals surface area contributed by atoms with E-state index in [2.05, 4.69) is 10.9 Å². The maximum absolute atomic E-state index is 13.6. The van der Waals surface area contributed by atoms with Gasteiger partial charge in [0.25, 0.3) is 11.8 Å². The Morgan fingerprint density at radius 1 is 1.00 bits per heavy atom. The van der Waals surface area contributed by atoms with Crippen LogP contribution >= 0.6 is 0 Å². The van der Waals surface area contributed by atoms with Gasteiger partial charge in [0.2, 0.25) is 6.79 Å². The summed E-state index contributed by atoms with van der Waals surface area (Å²) in [6, 6.07) is 8.34. The number of carbonyl (C=O) groups excluding carboxylic acids is 2. The summed E-state index contributed by atoms with van der Waals surface area (Å²) < 4.78 is 28.7. The van der Waals surface area contributed by atoms with Gasteiger partial charge >= 0.3 is 0 Å². The molecule has 124 valence electrons. The van der Waals surface area contributed by atoms with Crippen LogP contribution in [0.5, 0.6) is 17.2 Å². The summed E-state index contributed by atoms with van der Waals surface area (Å²) in [5, 5.41) is 0. The number of hydrogen-bond donors (Lipinski definition) is 2. The second-order valence-electron chi connectivity index (χ2n) is 4.83. The summed E-state index contributed by atoms with van der Waals surface area (Å²) >= 11 is 0. The van der Waals surface area contributed by atoms with Gasteiger partial charge in [-0.3, -0.25) is 20.4 Å². The fourth-order valence-corrected chi connectivity index (χ4v) is 2.10. The van der Waals surface area contributed by atoms with Crippen LogP contribution in [0.25, 0.3) is 0 Å². The van der Waals surface area contributed by atoms with Crippen molar-refractivity contribution in [2.75, 3.05) is 13.9 Å². The molecule has 0 unspecified atom stereocenters. The molecular formula is C16H13FN2O5. The van der Waals surface area contributed by atoms with Crippen LogP contribution in [0.1, 0.15) is 20.7 Å². The number of methoxy groups -OCH3 is 1. The van der Waals surface area contributed by atoms with Gasteiger partial charge in [-0.05, 0) is 36.4 Å². The van der Waals surface area contributed by atoms with E-state index in [0.717, 1.165) is 6.07 Å². The zero-order valence-electron chi connectivity index (χ0n) is 12.6. The smallest absolute Gasteiger partial charge is 0.269 e. The molecule has 8 heteroatoms. The third kappa shape index (κ3) is 3.07. The van der Waals surface area contributed by atoms with E-state index >= 15 is 0 Å². The minimum atomic E-state index is -0.674. The van der Waals surface area contributed by atoms with Crippen LogP contribution in [-0.2, 0) is 0 Å². The Labute approximate surface area is 136 Å². The van der Waals surface area contributed by atoms with Crippen molar-refractivity contribution in [2.45, 2.75) is 0 Å². The standard InChI is InChI=1S/C16H13FN2O5/c1-22-12-4-2-9(6-11(12)17)15(20)18-19-16(21)10-3-5-13-14(7-10)24-8-23-13/h2-7H,8H2,1H3,(H,18,20)(H,19,21). The molecule has 1 heterocycles. The molecule has 0 aliphatic carbocycles. The topological polar surface area (TPSA) is 85.9 Å². The predicted molar refractivity (Wildman–Crippen MR) is 80.4 cm³/mol. The lowest BCUT2D eigenvalue weighted by Gasteiger charge is -2.09. The third-order valence-corrected chi connectivity index (χ3v) is 3.34. The van der Waals surface area contributed by atoms with Gasteiger partial charge in [-0.2, -0.15) is 0 Å². The highest BCUT2D eigenvalue weighted by molar-refractivity contribution is 5.99. The number of fused-ring (bicyclic) bond motifs is 1. The molecule has 3 rings (SSSR count). The van der Waals surface area contributed by atoms with Gasteiger partial charge in [-0.15, -0.1) is 0 Å². The lowest BCUT2D eigenvalue weighted by molar-refractivity contribution is 0.0846. The van der Waals surface area contributed by atoms with Crippen LogP contribution in [0.15, 0.2) is 36.4 Å². The van der Waals surface area contributed by atoms with Gasteiger partial charge in [0.1, 0.15) is 0 Å². The van der Waals surface area contributed by atoms with Crippen LogP contribution in [0.4, 0.5) is 4.39 Å². The Hall–Kier alpha value is -3.29. The Bertz CT molecular complexity index is 809. The number of hydrogen-bond acceptors (Lipinski definition) is 5. The molecular weight excluding hydrogens is 319 g/mol. The van der Waals surface area contributed by atoms with E-state index in [4.69, 9.17) is 14.2 Å². The summed E-state index contributed by atoms with van der Waals surface area (Å²) in [7, 11) is 1.32. The zero-order valence-corrected chi connectivity index (χ0v) is 12.6. The molecule has 24 heavy (non-hydrogen) atoms. The molecule has 7 nitrogen and oxygen atoms in total. The molecule has 0 atom stereocenters. The van der Waals surface area contributed by atoms with Crippen molar-refractivity contribution in [1.82, 2.24) is 10.9 Å². The van der Waals surface area contributed by atoms with Crippen molar-refractivity contribution in [3.63, 3.8) is 0 Å². The quantitative estimate of drug-likeness (QED) is 0.835. The minimum Gasteiger partial charge on any atom is -0.494 e. The molecule has 2 N–H and O–H groups in total. The van der Waals surface area contributed by atoms with Gasteiger partial charge in [0, 0.05) is 11.1 Å². The molecule has 2 amide bonds. The SMILES string of the molecule is COc1ccc(C(=O)NNC(=O)c2ccc3c(c2)OCO3)cc1F. The average Bonchev–Trinajstić information content (AvgIpc) is 3.06. The number of carbonyl (C=O) groups is 2. The van der Waals surface area contributed by atoms with E-state index in [0.29, 0.717) is 11.5 Å². The summed E-state index contributed by atoms with van der Waals surface area (Å²) in [6.45, 7) is 0.0974.